The highest BCUT2D eigenvalue weighted by molar-refractivity contribution is 6.02. The van der Waals surface area contributed by atoms with Gasteiger partial charge in [0.05, 0.1) is 12.7 Å². The quantitative estimate of drug-likeness (QED) is 0.617. The van der Waals surface area contributed by atoms with Gasteiger partial charge in [0.15, 0.2) is 17.7 Å². The number of esters is 1. The Morgan fingerprint density at radius 2 is 1.79 bits per heavy atom. The summed E-state index contributed by atoms with van der Waals surface area (Å²) in [6.45, 7) is 5.20. The van der Waals surface area contributed by atoms with Crippen molar-refractivity contribution in [2.24, 2.45) is 0 Å². The molecular weight excluding hydrogens is 311 g/mol. The number of ether oxygens (including phenoxy) is 2. The lowest BCUT2D eigenvalue weighted by Crippen LogP contribution is -2.25. The first-order valence-electron chi connectivity index (χ1n) is 7.49. The minimum Gasteiger partial charge on any atom is -0.494 e. The van der Waals surface area contributed by atoms with Gasteiger partial charge in [0.1, 0.15) is 0 Å². The first-order chi connectivity index (χ1) is 11.3. The molecule has 0 amide bonds. The Morgan fingerprint density at radius 1 is 1.08 bits per heavy atom. The molecule has 0 aliphatic rings. The number of ketones is 1. The second-order valence-corrected chi connectivity index (χ2v) is 5.58. The Labute approximate surface area is 140 Å². The molecule has 2 rings (SSSR count). The molecule has 0 saturated carbocycles. The van der Waals surface area contributed by atoms with E-state index in [2.05, 4.69) is 0 Å². The second-order valence-electron chi connectivity index (χ2n) is 5.58. The van der Waals surface area contributed by atoms with Gasteiger partial charge in [-0.25, -0.2) is 9.18 Å². The van der Waals surface area contributed by atoms with Gasteiger partial charge in [-0.3, -0.25) is 4.79 Å². The number of carbonyl (C=O) groups excluding carboxylic acids is 2. The van der Waals surface area contributed by atoms with Crippen LogP contribution in [0.5, 0.6) is 5.75 Å². The smallest absolute Gasteiger partial charge is 0.338 e. The molecule has 0 bridgehead atoms. The molecule has 2 aromatic rings. The van der Waals surface area contributed by atoms with Crippen LogP contribution in [0.15, 0.2) is 36.4 Å². The van der Waals surface area contributed by atoms with Crippen LogP contribution in [0.1, 0.15) is 38.8 Å². The van der Waals surface area contributed by atoms with Crippen LogP contribution in [-0.2, 0) is 4.74 Å². The molecule has 1 atom stereocenters. The van der Waals surface area contributed by atoms with Crippen molar-refractivity contribution in [3.8, 4) is 5.75 Å². The lowest BCUT2D eigenvalue weighted by atomic mass is 9.99. The summed E-state index contributed by atoms with van der Waals surface area (Å²) in [5, 5.41) is 0. The molecule has 0 heterocycles. The van der Waals surface area contributed by atoms with Gasteiger partial charge in [-0.15, -0.1) is 0 Å². The fraction of sp³-hybridized carbons (Fsp3) is 0.263. The highest BCUT2D eigenvalue weighted by atomic mass is 19.1. The fourth-order valence-corrected chi connectivity index (χ4v) is 2.30. The normalized spacial score (nSPS) is 11.7. The van der Waals surface area contributed by atoms with Gasteiger partial charge in [-0.1, -0.05) is 17.7 Å². The molecule has 0 aliphatic heterocycles. The molecule has 126 valence electrons. The van der Waals surface area contributed by atoms with Crippen molar-refractivity contribution in [2.75, 3.05) is 7.11 Å². The van der Waals surface area contributed by atoms with Crippen molar-refractivity contribution in [3.63, 3.8) is 0 Å². The van der Waals surface area contributed by atoms with Crippen LogP contribution in [0.3, 0.4) is 0 Å². The van der Waals surface area contributed by atoms with E-state index < -0.39 is 17.9 Å². The highest BCUT2D eigenvalue weighted by Gasteiger charge is 2.22. The summed E-state index contributed by atoms with van der Waals surface area (Å²) in [4.78, 5) is 24.6. The zero-order valence-electron chi connectivity index (χ0n) is 14.1. The van der Waals surface area contributed by atoms with Crippen LogP contribution < -0.4 is 4.74 Å². The first-order valence-corrected chi connectivity index (χ1v) is 7.49. The maximum absolute atomic E-state index is 13.7. The maximum Gasteiger partial charge on any atom is 0.338 e. The third kappa shape index (κ3) is 3.79. The topological polar surface area (TPSA) is 52.6 Å². The summed E-state index contributed by atoms with van der Waals surface area (Å²) in [5.41, 5.74) is 2.29. The van der Waals surface area contributed by atoms with Gasteiger partial charge in [0, 0.05) is 5.56 Å². The third-order valence-corrected chi connectivity index (χ3v) is 3.70. The van der Waals surface area contributed by atoms with Crippen molar-refractivity contribution in [1.82, 2.24) is 0 Å². The zero-order valence-corrected chi connectivity index (χ0v) is 14.1. The molecule has 0 spiro atoms. The molecule has 0 aromatic heterocycles. The first kappa shape index (κ1) is 17.7. The second kappa shape index (κ2) is 7.25. The Morgan fingerprint density at radius 3 is 2.42 bits per heavy atom. The number of benzene rings is 2. The highest BCUT2D eigenvalue weighted by Crippen LogP contribution is 2.19. The number of hydrogen-bond donors (Lipinski definition) is 0. The molecule has 5 heteroatoms. The van der Waals surface area contributed by atoms with E-state index in [1.54, 1.807) is 6.07 Å². The van der Waals surface area contributed by atoms with Crippen molar-refractivity contribution < 1.29 is 23.5 Å². The van der Waals surface area contributed by atoms with E-state index in [9.17, 15) is 14.0 Å². The summed E-state index contributed by atoms with van der Waals surface area (Å²) in [7, 11) is 1.33. The third-order valence-electron chi connectivity index (χ3n) is 3.70. The summed E-state index contributed by atoms with van der Waals surface area (Å²) in [6, 6.07) is 9.26. The largest absolute Gasteiger partial charge is 0.494 e. The number of halogens is 1. The van der Waals surface area contributed by atoms with E-state index >= 15 is 0 Å². The summed E-state index contributed by atoms with van der Waals surface area (Å²) in [5.74, 6) is -1.69. The molecule has 0 saturated heterocycles. The van der Waals surface area contributed by atoms with Gasteiger partial charge in [0.2, 0.25) is 5.78 Å². The van der Waals surface area contributed by atoms with Crippen LogP contribution in [-0.4, -0.2) is 25.0 Å². The van der Waals surface area contributed by atoms with Crippen LogP contribution >= 0.6 is 0 Å². The van der Waals surface area contributed by atoms with Crippen molar-refractivity contribution in [3.05, 3.63) is 64.5 Å². The van der Waals surface area contributed by atoms with E-state index in [0.29, 0.717) is 5.56 Å². The van der Waals surface area contributed by atoms with Gasteiger partial charge in [0.25, 0.3) is 0 Å². The number of methoxy groups -OCH3 is 1. The van der Waals surface area contributed by atoms with Gasteiger partial charge in [-0.2, -0.15) is 0 Å². The van der Waals surface area contributed by atoms with E-state index in [4.69, 9.17) is 9.47 Å². The standard InChI is InChI=1S/C19H19FO4/c1-11-5-6-12(2)15(9-11)18(21)13(3)24-19(22)14-7-8-17(23-4)16(20)10-14/h5-10,13H,1-4H3/t13-/m1/s1. The van der Waals surface area contributed by atoms with Crippen molar-refractivity contribution >= 4 is 11.8 Å². The summed E-state index contributed by atoms with van der Waals surface area (Å²) >= 11 is 0. The average Bonchev–Trinajstić information content (AvgIpc) is 2.56. The molecule has 0 radical (unpaired) electrons. The Bertz CT molecular complexity index is 783. The molecular formula is C19H19FO4. The Balaban J connectivity index is 2.15. The fourth-order valence-electron chi connectivity index (χ4n) is 2.30. The van der Waals surface area contributed by atoms with Crippen LogP contribution in [0.4, 0.5) is 4.39 Å². The molecule has 0 unspecified atom stereocenters. The van der Waals surface area contributed by atoms with Crippen LogP contribution in [0.2, 0.25) is 0 Å². The number of hydrogen-bond acceptors (Lipinski definition) is 4. The monoisotopic (exact) mass is 330 g/mol. The number of Topliss-reactive ketones (excluding diaryl/α,β-unsaturated/α-hetero) is 1. The van der Waals surface area contributed by atoms with Crippen LogP contribution in [0.25, 0.3) is 0 Å². The number of aryl methyl sites for hydroxylation is 2. The van der Waals surface area contributed by atoms with Gasteiger partial charge < -0.3 is 9.47 Å². The Hall–Kier alpha value is -2.69. The number of carbonyl (C=O) groups is 2. The van der Waals surface area contributed by atoms with Gasteiger partial charge >= 0.3 is 5.97 Å². The molecule has 0 aliphatic carbocycles. The van der Waals surface area contributed by atoms with Crippen LogP contribution in [0, 0.1) is 19.7 Å². The predicted octanol–water partition coefficient (Wildman–Crippen LogP) is 3.88. The van der Waals surface area contributed by atoms with E-state index in [1.165, 1.54) is 26.2 Å². The molecule has 0 N–H and O–H groups in total. The SMILES string of the molecule is COc1ccc(C(=O)O[C@H](C)C(=O)c2cc(C)ccc2C)cc1F. The maximum atomic E-state index is 13.7. The van der Waals surface area contributed by atoms with E-state index in [0.717, 1.165) is 17.2 Å². The van der Waals surface area contributed by atoms with Crippen molar-refractivity contribution in [2.45, 2.75) is 26.9 Å². The average molecular weight is 330 g/mol. The zero-order chi connectivity index (χ0) is 17.9. The minimum atomic E-state index is -0.969. The number of rotatable bonds is 5. The minimum absolute atomic E-state index is 0.0221. The van der Waals surface area contributed by atoms with E-state index in [-0.39, 0.29) is 17.1 Å². The molecule has 0 fully saturated rings. The Kier molecular flexibility index (Phi) is 5.34. The molecule has 4 nitrogen and oxygen atoms in total. The van der Waals surface area contributed by atoms with Crippen molar-refractivity contribution in [1.29, 1.82) is 0 Å². The molecule has 2 aromatic carbocycles. The predicted molar refractivity (Wildman–Crippen MR) is 88.1 cm³/mol. The lowest BCUT2D eigenvalue weighted by molar-refractivity contribution is 0.0318. The summed E-state index contributed by atoms with van der Waals surface area (Å²) < 4.78 is 23.6. The van der Waals surface area contributed by atoms with Gasteiger partial charge in [-0.05, 0) is 50.6 Å². The summed E-state index contributed by atoms with van der Waals surface area (Å²) in [6.07, 6.45) is -0.969. The molecule has 24 heavy (non-hydrogen) atoms. The van der Waals surface area contributed by atoms with E-state index in [1.807, 2.05) is 26.0 Å². The lowest BCUT2D eigenvalue weighted by Gasteiger charge is -2.14.